The summed E-state index contributed by atoms with van der Waals surface area (Å²) in [6, 6.07) is 9.30. The molecule has 7 heteroatoms. The van der Waals surface area contributed by atoms with E-state index in [4.69, 9.17) is 4.74 Å². The van der Waals surface area contributed by atoms with Gasteiger partial charge >= 0.3 is 0 Å². The lowest BCUT2D eigenvalue weighted by Gasteiger charge is -2.35. The van der Waals surface area contributed by atoms with E-state index >= 15 is 0 Å². The Balaban J connectivity index is 1.87. The smallest absolute Gasteiger partial charge is 0.254 e. The number of nitrogens with zero attached hydrogens (tertiary/aromatic N) is 3. The van der Waals surface area contributed by atoms with Gasteiger partial charge in [-0.1, -0.05) is 19.9 Å². The van der Waals surface area contributed by atoms with Gasteiger partial charge < -0.3 is 15.0 Å². The van der Waals surface area contributed by atoms with E-state index in [9.17, 15) is 14.9 Å². The van der Waals surface area contributed by atoms with Crippen molar-refractivity contribution < 1.29 is 14.3 Å². The minimum atomic E-state index is -0.874. The molecule has 1 aromatic carbocycles. The fourth-order valence-corrected chi connectivity index (χ4v) is 2.88. The molecule has 0 aromatic heterocycles. The lowest BCUT2D eigenvalue weighted by Crippen LogP contribution is -2.55. The zero-order valence-corrected chi connectivity index (χ0v) is 16.5. The van der Waals surface area contributed by atoms with Crippen molar-refractivity contribution in [2.75, 3.05) is 39.8 Å². The van der Waals surface area contributed by atoms with E-state index in [1.807, 2.05) is 18.7 Å². The summed E-state index contributed by atoms with van der Waals surface area (Å²) >= 11 is 0. The molecule has 1 heterocycles. The number of amides is 2. The van der Waals surface area contributed by atoms with Crippen molar-refractivity contribution in [3.8, 4) is 11.8 Å². The Morgan fingerprint density at radius 2 is 1.96 bits per heavy atom. The average Bonchev–Trinajstić information content (AvgIpc) is 2.67. The van der Waals surface area contributed by atoms with Gasteiger partial charge in [0.25, 0.3) is 5.91 Å². The molecule has 27 heavy (non-hydrogen) atoms. The number of methoxy groups -OCH3 is 1. The molecule has 0 bridgehead atoms. The molecule has 0 aliphatic carbocycles. The Labute approximate surface area is 160 Å². The largest absolute Gasteiger partial charge is 0.497 e. The third-order valence-corrected chi connectivity index (χ3v) is 5.13. The van der Waals surface area contributed by atoms with Crippen LogP contribution in [0.3, 0.4) is 0 Å². The van der Waals surface area contributed by atoms with Gasteiger partial charge in [-0.15, -0.1) is 0 Å². The van der Waals surface area contributed by atoms with Gasteiger partial charge in [-0.05, 0) is 31.0 Å². The number of piperazine rings is 1. The fourth-order valence-electron chi connectivity index (χ4n) is 2.88. The number of hydrogen-bond donors (Lipinski definition) is 1. The van der Waals surface area contributed by atoms with E-state index in [1.54, 1.807) is 43.2 Å². The highest BCUT2D eigenvalue weighted by molar-refractivity contribution is 5.94. The molecule has 0 saturated carbocycles. The first-order chi connectivity index (χ1) is 12.8. The molecule has 1 atom stereocenters. The monoisotopic (exact) mass is 372 g/mol. The number of ether oxygens (including phenoxy) is 1. The predicted octanol–water partition coefficient (Wildman–Crippen LogP) is 1.51. The summed E-state index contributed by atoms with van der Waals surface area (Å²) in [5.74, 6) is 0.473. The molecule has 0 spiro atoms. The van der Waals surface area contributed by atoms with Crippen LogP contribution in [0.2, 0.25) is 0 Å². The summed E-state index contributed by atoms with van der Waals surface area (Å²) in [5, 5.41) is 12.1. The molecule has 0 radical (unpaired) electrons. The SMILES string of the molecule is COc1cccc(C(=O)N2CCN(CC(=O)NC(C)(C#N)C(C)C)CC2)c1. The van der Waals surface area contributed by atoms with Gasteiger partial charge in [0.15, 0.2) is 0 Å². The Kier molecular flexibility index (Phi) is 6.81. The summed E-state index contributed by atoms with van der Waals surface area (Å²) in [6.45, 7) is 8.14. The second-order valence-electron chi connectivity index (χ2n) is 7.32. The van der Waals surface area contributed by atoms with Crippen molar-refractivity contribution in [1.29, 1.82) is 5.26 Å². The van der Waals surface area contributed by atoms with Crippen LogP contribution in [0.15, 0.2) is 24.3 Å². The van der Waals surface area contributed by atoms with Crippen molar-refractivity contribution in [3.05, 3.63) is 29.8 Å². The number of rotatable bonds is 6. The zero-order chi connectivity index (χ0) is 20.0. The van der Waals surface area contributed by atoms with Crippen LogP contribution in [0, 0.1) is 17.2 Å². The maximum atomic E-state index is 12.6. The Morgan fingerprint density at radius 3 is 2.52 bits per heavy atom. The van der Waals surface area contributed by atoms with E-state index in [0.29, 0.717) is 37.5 Å². The maximum Gasteiger partial charge on any atom is 0.254 e. The highest BCUT2D eigenvalue weighted by Gasteiger charge is 2.31. The first kappa shape index (κ1) is 20.7. The van der Waals surface area contributed by atoms with Crippen molar-refractivity contribution in [3.63, 3.8) is 0 Å². The van der Waals surface area contributed by atoms with Crippen molar-refractivity contribution >= 4 is 11.8 Å². The van der Waals surface area contributed by atoms with Gasteiger partial charge in [0, 0.05) is 31.7 Å². The second kappa shape index (κ2) is 8.87. The third kappa shape index (κ3) is 5.20. The molecule has 1 aromatic rings. The summed E-state index contributed by atoms with van der Waals surface area (Å²) in [4.78, 5) is 28.7. The number of nitriles is 1. The van der Waals surface area contributed by atoms with Crippen LogP contribution in [0.25, 0.3) is 0 Å². The average molecular weight is 372 g/mol. The van der Waals surface area contributed by atoms with Gasteiger partial charge in [-0.2, -0.15) is 5.26 Å². The fraction of sp³-hybridized carbons (Fsp3) is 0.550. The lowest BCUT2D eigenvalue weighted by atomic mass is 9.90. The van der Waals surface area contributed by atoms with Gasteiger partial charge in [0.2, 0.25) is 5.91 Å². The van der Waals surface area contributed by atoms with Crippen LogP contribution in [-0.4, -0.2) is 67.0 Å². The van der Waals surface area contributed by atoms with E-state index < -0.39 is 5.54 Å². The molecular weight excluding hydrogens is 344 g/mol. The van der Waals surface area contributed by atoms with Crippen molar-refractivity contribution in [2.45, 2.75) is 26.3 Å². The van der Waals surface area contributed by atoms with Crippen LogP contribution in [-0.2, 0) is 4.79 Å². The standard InChI is InChI=1S/C20H28N4O3/c1-15(2)20(3,14-21)22-18(25)13-23-8-10-24(11-9-23)19(26)16-6-5-7-17(12-16)27-4/h5-7,12,15H,8-11,13H2,1-4H3,(H,22,25). The number of carbonyl (C=O) groups excluding carboxylic acids is 2. The van der Waals surface area contributed by atoms with Gasteiger partial charge in [0.1, 0.15) is 11.3 Å². The minimum Gasteiger partial charge on any atom is -0.497 e. The van der Waals surface area contributed by atoms with E-state index in [2.05, 4.69) is 11.4 Å². The summed E-state index contributed by atoms with van der Waals surface area (Å²) < 4.78 is 5.17. The van der Waals surface area contributed by atoms with E-state index in [0.717, 1.165) is 0 Å². The van der Waals surface area contributed by atoms with Crippen molar-refractivity contribution in [2.24, 2.45) is 5.92 Å². The predicted molar refractivity (Wildman–Crippen MR) is 102 cm³/mol. The topological polar surface area (TPSA) is 85.7 Å². The molecular formula is C20H28N4O3. The maximum absolute atomic E-state index is 12.6. The van der Waals surface area contributed by atoms with Crippen LogP contribution in [0.5, 0.6) is 5.75 Å². The van der Waals surface area contributed by atoms with Crippen LogP contribution in [0.4, 0.5) is 0 Å². The highest BCUT2D eigenvalue weighted by atomic mass is 16.5. The molecule has 2 amide bonds. The van der Waals surface area contributed by atoms with Crippen LogP contribution in [0.1, 0.15) is 31.1 Å². The highest BCUT2D eigenvalue weighted by Crippen LogP contribution is 2.17. The van der Waals surface area contributed by atoms with Gasteiger partial charge in [-0.25, -0.2) is 0 Å². The van der Waals surface area contributed by atoms with E-state index in [1.165, 1.54) is 0 Å². The third-order valence-electron chi connectivity index (χ3n) is 5.13. The molecule has 1 aliphatic heterocycles. The molecule has 2 rings (SSSR count). The number of hydrogen-bond acceptors (Lipinski definition) is 5. The molecule has 1 aliphatic rings. The Morgan fingerprint density at radius 1 is 1.30 bits per heavy atom. The summed E-state index contributed by atoms with van der Waals surface area (Å²) in [5.41, 5.74) is -0.274. The zero-order valence-electron chi connectivity index (χ0n) is 16.5. The second-order valence-corrected chi connectivity index (χ2v) is 7.32. The van der Waals surface area contributed by atoms with Crippen molar-refractivity contribution in [1.82, 2.24) is 15.1 Å². The summed E-state index contributed by atoms with van der Waals surface area (Å²) in [7, 11) is 1.57. The molecule has 1 unspecified atom stereocenters. The number of benzene rings is 1. The number of nitrogens with one attached hydrogen (secondary N) is 1. The Hall–Kier alpha value is -2.59. The quantitative estimate of drug-likeness (QED) is 0.818. The number of carbonyl (C=O) groups is 2. The molecule has 1 N–H and O–H groups in total. The molecule has 1 saturated heterocycles. The van der Waals surface area contributed by atoms with Crippen LogP contribution >= 0.6 is 0 Å². The first-order valence-corrected chi connectivity index (χ1v) is 9.17. The van der Waals surface area contributed by atoms with Gasteiger partial charge in [-0.3, -0.25) is 14.5 Å². The summed E-state index contributed by atoms with van der Waals surface area (Å²) in [6.07, 6.45) is 0. The minimum absolute atomic E-state index is 0.0174. The first-order valence-electron chi connectivity index (χ1n) is 9.17. The molecule has 7 nitrogen and oxygen atoms in total. The lowest BCUT2D eigenvalue weighted by molar-refractivity contribution is -0.124. The Bertz CT molecular complexity index is 720. The van der Waals surface area contributed by atoms with E-state index in [-0.39, 0.29) is 24.3 Å². The normalized spacial score (nSPS) is 17.1. The van der Waals surface area contributed by atoms with Gasteiger partial charge in [0.05, 0.1) is 19.7 Å². The van der Waals surface area contributed by atoms with Crippen LogP contribution < -0.4 is 10.1 Å². The molecule has 146 valence electrons. The molecule has 1 fully saturated rings.